The van der Waals surface area contributed by atoms with Crippen molar-refractivity contribution in [3.8, 4) is 11.5 Å². The van der Waals surface area contributed by atoms with Gasteiger partial charge in [-0.3, -0.25) is 4.55 Å². The maximum atomic E-state index is 11.1. The Bertz CT molecular complexity index is 660. The molecule has 0 atom stereocenters. The molecule has 2 aromatic rings. The molecule has 6 heteroatoms. The van der Waals surface area contributed by atoms with E-state index < -0.39 is 15.0 Å². The summed E-state index contributed by atoms with van der Waals surface area (Å²) < 4.78 is 31.1. The first kappa shape index (κ1) is 10.7. The van der Waals surface area contributed by atoms with Gasteiger partial charge in [0.15, 0.2) is 0 Å². The van der Waals surface area contributed by atoms with Crippen molar-refractivity contribution in [1.29, 1.82) is 0 Å². The van der Waals surface area contributed by atoms with Gasteiger partial charge in [0.1, 0.15) is 16.4 Å². The lowest BCUT2D eigenvalue weighted by atomic mass is 10.1. The molecular formula is C10H8O5S. The van der Waals surface area contributed by atoms with Crippen LogP contribution in [0.1, 0.15) is 0 Å². The van der Waals surface area contributed by atoms with Crippen LogP contribution in [0.15, 0.2) is 35.2 Å². The zero-order valence-electron chi connectivity index (χ0n) is 7.95. The molecular weight excluding hydrogens is 232 g/mol. The summed E-state index contributed by atoms with van der Waals surface area (Å²) in [5.74, 6) is -0.487. The normalized spacial score (nSPS) is 11.8. The molecule has 16 heavy (non-hydrogen) atoms. The maximum absolute atomic E-state index is 11.1. The first-order valence-corrected chi connectivity index (χ1v) is 5.76. The molecule has 0 bridgehead atoms. The average molecular weight is 240 g/mol. The highest BCUT2D eigenvalue weighted by Gasteiger charge is 2.18. The number of phenolic OH excluding ortho intramolecular Hbond substituents is 2. The Kier molecular flexibility index (Phi) is 2.25. The van der Waals surface area contributed by atoms with Crippen LogP contribution in [0, 0.1) is 0 Å². The standard InChI is InChI=1S/C10H8O5S/c11-7-4-5-9(16(13,14)15)10-6(7)2-1-3-8(10)12/h1-5,11-12H,(H,13,14,15). The molecule has 0 spiro atoms. The maximum Gasteiger partial charge on any atom is 0.295 e. The smallest absolute Gasteiger partial charge is 0.295 e. The molecule has 0 radical (unpaired) electrons. The third kappa shape index (κ3) is 1.58. The third-order valence-corrected chi connectivity index (χ3v) is 3.13. The molecule has 2 aromatic carbocycles. The molecule has 0 heterocycles. The summed E-state index contributed by atoms with van der Waals surface area (Å²) in [6.45, 7) is 0. The number of hydrogen-bond acceptors (Lipinski definition) is 4. The third-order valence-electron chi connectivity index (χ3n) is 2.24. The molecule has 3 N–H and O–H groups in total. The lowest BCUT2D eigenvalue weighted by Gasteiger charge is -2.07. The number of benzene rings is 2. The summed E-state index contributed by atoms with van der Waals surface area (Å²) in [4.78, 5) is -0.432. The topological polar surface area (TPSA) is 94.8 Å². The van der Waals surface area contributed by atoms with E-state index in [0.717, 1.165) is 12.1 Å². The van der Waals surface area contributed by atoms with Crippen LogP contribution in [0.4, 0.5) is 0 Å². The average Bonchev–Trinajstić information content (AvgIpc) is 2.18. The Morgan fingerprint density at radius 1 is 0.938 bits per heavy atom. The second-order valence-corrected chi connectivity index (χ2v) is 4.65. The fourth-order valence-corrected chi connectivity index (χ4v) is 2.27. The minimum Gasteiger partial charge on any atom is -0.507 e. The summed E-state index contributed by atoms with van der Waals surface area (Å²) in [5, 5.41) is 19.1. The van der Waals surface area contributed by atoms with Crippen molar-refractivity contribution in [3.63, 3.8) is 0 Å². The van der Waals surface area contributed by atoms with Crippen molar-refractivity contribution in [2.45, 2.75) is 4.90 Å². The highest BCUT2D eigenvalue weighted by atomic mass is 32.2. The van der Waals surface area contributed by atoms with Gasteiger partial charge in [-0.1, -0.05) is 12.1 Å². The van der Waals surface area contributed by atoms with Gasteiger partial charge in [0.05, 0.1) is 0 Å². The number of fused-ring (bicyclic) bond motifs is 1. The molecule has 0 unspecified atom stereocenters. The fourth-order valence-electron chi connectivity index (χ4n) is 1.56. The summed E-state index contributed by atoms with van der Waals surface area (Å²) in [6, 6.07) is 6.36. The molecule has 0 fully saturated rings. The Hall–Kier alpha value is -1.79. The fraction of sp³-hybridized carbons (Fsp3) is 0. The van der Waals surface area contributed by atoms with E-state index in [1.165, 1.54) is 18.2 Å². The number of rotatable bonds is 1. The van der Waals surface area contributed by atoms with Crippen molar-refractivity contribution < 1.29 is 23.2 Å². The molecule has 0 aliphatic carbocycles. The minimum absolute atomic E-state index is 0.0926. The van der Waals surface area contributed by atoms with Crippen LogP contribution in [-0.2, 0) is 10.1 Å². The highest BCUT2D eigenvalue weighted by Crippen LogP contribution is 2.35. The SMILES string of the molecule is O=S(=O)(O)c1ccc(O)c2cccc(O)c12. The lowest BCUT2D eigenvalue weighted by Crippen LogP contribution is -1.99. The van der Waals surface area contributed by atoms with E-state index in [9.17, 15) is 18.6 Å². The first-order valence-electron chi connectivity index (χ1n) is 4.32. The van der Waals surface area contributed by atoms with Gasteiger partial charge >= 0.3 is 0 Å². The van der Waals surface area contributed by atoms with E-state index in [1.807, 2.05) is 0 Å². The van der Waals surface area contributed by atoms with Crippen LogP contribution in [0.3, 0.4) is 0 Å². The van der Waals surface area contributed by atoms with Crippen LogP contribution in [0.2, 0.25) is 0 Å². The molecule has 5 nitrogen and oxygen atoms in total. The van der Waals surface area contributed by atoms with Gasteiger partial charge in [0.2, 0.25) is 0 Å². The molecule has 0 amide bonds. The number of hydrogen-bond donors (Lipinski definition) is 3. The van der Waals surface area contributed by atoms with Gasteiger partial charge in [0.25, 0.3) is 10.1 Å². The monoisotopic (exact) mass is 240 g/mol. The van der Waals surface area contributed by atoms with Gasteiger partial charge in [-0.15, -0.1) is 0 Å². The molecule has 2 rings (SSSR count). The lowest BCUT2D eigenvalue weighted by molar-refractivity contribution is 0.470. The van der Waals surface area contributed by atoms with E-state index in [-0.39, 0.29) is 22.3 Å². The van der Waals surface area contributed by atoms with E-state index in [0.29, 0.717) is 0 Å². The first-order chi connectivity index (χ1) is 7.41. The second-order valence-electron chi connectivity index (χ2n) is 3.26. The largest absolute Gasteiger partial charge is 0.507 e. The van der Waals surface area contributed by atoms with Crippen molar-refractivity contribution in [2.75, 3.05) is 0 Å². The van der Waals surface area contributed by atoms with Crippen molar-refractivity contribution in [3.05, 3.63) is 30.3 Å². The second kappa shape index (κ2) is 3.36. The Morgan fingerprint density at radius 2 is 1.62 bits per heavy atom. The van der Waals surface area contributed by atoms with Crippen LogP contribution in [0.5, 0.6) is 11.5 Å². The van der Waals surface area contributed by atoms with Gasteiger partial charge < -0.3 is 10.2 Å². The predicted octanol–water partition coefficient (Wildman–Crippen LogP) is 1.50. The molecule has 0 aliphatic rings. The molecule has 0 saturated carbocycles. The van der Waals surface area contributed by atoms with Crippen molar-refractivity contribution >= 4 is 20.9 Å². The summed E-state index contributed by atoms with van der Waals surface area (Å²) >= 11 is 0. The molecule has 0 aromatic heterocycles. The van der Waals surface area contributed by atoms with Gasteiger partial charge in [0, 0.05) is 10.8 Å². The summed E-state index contributed by atoms with van der Waals surface area (Å²) in [7, 11) is -4.44. The van der Waals surface area contributed by atoms with Crippen molar-refractivity contribution in [2.24, 2.45) is 0 Å². The Balaban J connectivity index is 3.04. The minimum atomic E-state index is -4.44. The Morgan fingerprint density at radius 3 is 2.25 bits per heavy atom. The molecule has 84 valence electrons. The zero-order chi connectivity index (χ0) is 11.9. The molecule has 0 saturated heterocycles. The quantitative estimate of drug-likeness (QED) is 0.656. The molecule has 0 aliphatic heterocycles. The highest BCUT2D eigenvalue weighted by molar-refractivity contribution is 7.86. The van der Waals surface area contributed by atoms with Crippen molar-refractivity contribution in [1.82, 2.24) is 0 Å². The van der Waals surface area contributed by atoms with Crippen LogP contribution >= 0.6 is 0 Å². The Labute approximate surface area is 91.3 Å². The van der Waals surface area contributed by atoms with Crippen LogP contribution < -0.4 is 0 Å². The predicted molar refractivity (Wildman–Crippen MR) is 57.1 cm³/mol. The van der Waals surface area contributed by atoms with Gasteiger partial charge in [-0.2, -0.15) is 8.42 Å². The van der Waals surface area contributed by atoms with E-state index in [4.69, 9.17) is 4.55 Å². The number of phenols is 2. The van der Waals surface area contributed by atoms with Gasteiger partial charge in [-0.05, 0) is 18.2 Å². The van der Waals surface area contributed by atoms with E-state index in [2.05, 4.69) is 0 Å². The van der Waals surface area contributed by atoms with Gasteiger partial charge in [-0.25, -0.2) is 0 Å². The van der Waals surface area contributed by atoms with E-state index in [1.54, 1.807) is 0 Å². The van der Waals surface area contributed by atoms with Crippen LogP contribution in [0.25, 0.3) is 10.8 Å². The summed E-state index contributed by atoms with van der Waals surface area (Å²) in [6.07, 6.45) is 0. The van der Waals surface area contributed by atoms with E-state index >= 15 is 0 Å². The number of aromatic hydroxyl groups is 2. The summed E-state index contributed by atoms with van der Waals surface area (Å²) in [5.41, 5.74) is 0. The van der Waals surface area contributed by atoms with Crippen LogP contribution in [-0.4, -0.2) is 23.2 Å². The zero-order valence-corrected chi connectivity index (χ0v) is 8.77.